The Morgan fingerprint density at radius 3 is 2.61 bits per heavy atom. The number of hydrogen-bond acceptors (Lipinski definition) is 5. The molecule has 114 valence electrons. The zero-order chi connectivity index (χ0) is 16.6. The average Bonchev–Trinajstić information content (AvgIpc) is 2.55. The van der Waals surface area contributed by atoms with Crippen LogP contribution < -0.4 is 5.73 Å². The number of benzene rings is 1. The van der Waals surface area contributed by atoms with Crippen molar-refractivity contribution in [1.82, 2.24) is 4.90 Å². The van der Waals surface area contributed by atoms with Crippen LogP contribution in [0.5, 0.6) is 0 Å². The molecule has 2 heterocycles. The summed E-state index contributed by atoms with van der Waals surface area (Å²) in [6.45, 7) is 0. The van der Waals surface area contributed by atoms with E-state index in [2.05, 4.69) is 0 Å². The Kier molecular flexibility index (Phi) is 3.81. The lowest BCUT2D eigenvalue weighted by atomic mass is 9.83. The number of hydrogen-bond donors (Lipinski definition) is 1. The number of halogens is 1. The van der Waals surface area contributed by atoms with Crippen LogP contribution >= 0.6 is 11.8 Å². The van der Waals surface area contributed by atoms with Crippen molar-refractivity contribution in [3.63, 3.8) is 0 Å². The molecule has 2 aliphatic rings. The van der Waals surface area contributed by atoms with Crippen molar-refractivity contribution in [3.8, 4) is 12.1 Å². The second-order valence-corrected chi connectivity index (χ2v) is 6.11. The van der Waals surface area contributed by atoms with Crippen LogP contribution in [-0.4, -0.2) is 16.6 Å². The van der Waals surface area contributed by atoms with Crippen LogP contribution in [0.25, 0.3) is 0 Å². The number of fused-ring (bicyclic) bond motifs is 1. The molecule has 1 amide bonds. The van der Waals surface area contributed by atoms with Crippen molar-refractivity contribution in [2.45, 2.75) is 12.3 Å². The quantitative estimate of drug-likeness (QED) is 0.854. The predicted molar refractivity (Wildman–Crippen MR) is 82.5 cm³/mol. The number of amides is 1. The molecule has 2 N–H and O–H groups in total. The monoisotopic (exact) mass is 326 g/mol. The number of nitrogens with zero attached hydrogens (tertiary/aromatic N) is 3. The molecule has 2 aliphatic heterocycles. The van der Waals surface area contributed by atoms with Gasteiger partial charge in [0.05, 0.1) is 34.2 Å². The topological polar surface area (TPSA) is 93.9 Å². The molecular formula is C16H11FN4OS. The fourth-order valence-corrected chi connectivity index (χ4v) is 3.88. The van der Waals surface area contributed by atoms with E-state index in [0.29, 0.717) is 10.8 Å². The molecular weight excluding hydrogens is 315 g/mol. The smallest absolute Gasteiger partial charge is 0.233 e. The van der Waals surface area contributed by atoms with Gasteiger partial charge in [0, 0.05) is 17.7 Å². The Morgan fingerprint density at radius 2 is 1.96 bits per heavy atom. The van der Waals surface area contributed by atoms with Crippen molar-refractivity contribution in [1.29, 1.82) is 10.5 Å². The normalized spacial score (nSPS) is 20.9. The van der Waals surface area contributed by atoms with Crippen LogP contribution in [0.3, 0.4) is 0 Å². The molecule has 23 heavy (non-hydrogen) atoms. The Hall–Kier alpha value is -2.77. The molecule has 0 saturated carbocycles. The number of allylic oxidation sites excluding steroid dienone is 2. The van der Waals surface area contributed by atoms with Gasteiger partial charge in [-0.15, -0.1) is 11.8 Å². The molecule has 1 saturated heterocycles. The van der Waals surface area contributed by atoms with E-state index in [9.17, 15) is 19.7 Å². The Balaban J connectivity index is 2.28. The molecule has 0 bridgehead atoms. The molecule has 1 atom stereocenters. The van der Waals surface area contributed by atoms with E-state index in [1.165, 1.54) is 34.9 Å². The van der Waals surface area contributed by atoms with Crippen LogP contribution in [0.15, 0.2) is 46.3 Å². The fraction of sp³-hybridized carbons (Fsp3) is 0.188. The van der Waals surface area contributed by atoms with Gasteiger partial charge in [-0.05, 0) is 6.07 Å². The molecule has 0 radical (unpaired) electrons. The van der Waals surface area contributed by atoms with E-state index in [1.54, 1.807) is 6.07 Å². The van der Waals surface area contributed by atoms with Gasteiger partial charge in [0.1, 0.15) is 11.6 Å². The van der Waals surface area contributed by atoms with Gasteiger partial charge in [-0.3, -0.25) is 9.69 Å². The number of carbonyl (C=O) groups is 1. The highest BCUT2D eigenvalue weighted by Crippen LogP contribution is 2.46. The third-order valence-electron chi connectivity index (χ3n) is 3.79. The van der Waals surface area contributed by atoms with Gasteiger partial charge in [0.15, 0.2) is 0 Å². The Labute approximate surface area is 136 Å². The average molecular weight is 326 g/mol. The number of carbonyl (C=O) groups excluding carboxylic acids is 1. The number of thioether (sulfide) groups is 1. The fourth-order valence-electron chi connectivity index (χ4n) is 2.76. The SMILES string of the molecule is N#CC1=C(N)N2C(=O)CCSC2=C(C#N)[C@H]1c1ccccc1F. The van der Waals surface area contributed by atoms with Crippen molar-refractivity contribution < 1.29 is 9.18 Å². The molecule has 3 rings (SSSR count). The first-order valence-electron chi connectivity index (χ1n) is 6.84. The standard InChI is InChI=1S/C16H11FN4OS/c17-12-4-2-1-3-9(12)14-10(7-18)15(20)21-13(22)5-6-23-16(21)11(14)8-19/h1-4,14H,5-6,20H2/t14-/m0/s1. The van der Waals surface area contributed by atoms with Crippen molar-refractivity contribution in [2.24, 2.45) is 5.73 Å². The summed E-state index contributed by atoms with van der Waals surface area (Å²) in [6, 6.07) is 9.95. The second kappa shape index (κ2) is 5.79. The lowest BCUT2D eigenvalue weighted by Crippen LogP contribution is -2.40. The van der Waals surface area contributed by atoms with Gasteiger partial charge < -0.3 is 5.73 Å². The van der Waals surface area contributed by atoms with E-state index >= 15 is 0 Å². The maximum absolute atomic E-state index is 14.2. The minimum absolute atomic E-state index is 0.0197. The van der Waals surface area contributed by atoms with Gasteiger partial charge in [0.25, 0.3) is 0 Å². The maximum Gasteiger partial charge on any atom is 0.233 e. The highest BCUT2D eigenvalue weighted by molar-refractivity contribution is 8.03. The summed E-state index contributed by atoms with van der Waals surface area (Å²) in [6.07, 6.45) is 0.274. The Morgan fingerprint density at radius 1 is 1.26 bits per heavy atom. The molecule has 0 spiro atoms. The summed E-state index contributed by atoms with van der Waals surface area (Å²) in [7, 11) is 0. The first kappa shape index (κ1) is 15.1. The predicted octanol–water partition coefficient (Wildman–Crippen LogP) is 2.32. The highest BCUT2D eigenvalue weighted by Gasteiger charge is 2.40. The molecule has 1 aromatic rings. The molecule has 0 aliphatic carbocycles. The first-order chi connectivity index (χ1) is 11.1. The number of nitriles is 2. The minimum atomic E-state index is -0.893. The third-order valence-corrected chi connectivity index (χ3v) is 4.87. The van der Waals surface area contributed by atoms with Crippen LogP contribution in [0.4, 0.5) is 4.39 Å². The molecule has 7 heteroatoms. The number of rotatable bonds is 1. The van der Waals surface area contributed by atoms with E-state index < -0.39 is 11.7 Å². The highest BCUT2D eigenvalue weighted by atomic mass is 32.2. The first-order valence-corrected chi connectivity index (χ1v) is 7.83. The molecule has 0 unspecified atom stereocenters. The lowest BCUT2D eigenvalue weighted by Gasteiger charge is -2.36. The van der Waals surface area contributed by atoms with Gasteiger partial charge in [0.2, 0.25) is 5.91 Å². The Bertz CT molecular complexity index is 846. The van der Waals surface area contributed by atoms with E-state index in [1.807, 2.05) is 12.1 Å². The summed E-state index contributed by atoms with van der Waals surface area (Å²) in [5.74, 6) is -1.17. The van der Waals surface area contributed by atoms with Crippen LogP contribution in [0, 0.1) is 28.5 Å². The zero-order valence-electron chi connectivity index (χ0n) is 11.9. The molecule has 5 nitrogen and oxygen atoms in total. The maximum atomic E-state index is 14.2. The van der Waals surface area contributed by atoms with Gasteiger partial charge in [-0.25, -0.2) is 4.39 Å². The van der Waals surface area contributed by atoms with Gasteiger partial charge >= 0.3 is 0 Å². The van der Waals surface area contributed by atoms with Crippen LogP contribution in [0.1, 0.15) is 17.9 Å². The largest absolute Gasteiger partial charge is 0.384 e. The van der Waals surface area contributed by atoms with E-state index in [0.717, 1.165) is 0 Å². The van der Waals surface area contributed by atoms with Gasteiger partial charge in [-0.2, -0.15) is 10.5 Å². The summed E-state index contributed by atoms with van der Waals surface area (Å²) >= 11 is 1.32. The van der Waals surface area contributed by atoms with Crippen LogP contribution in [-0.2, 0) is 4.79 Å². The summed E-state index contributed by atoms with van der Waals surface area (Å²) in [5, 5.41) is 19.5. The molecule has 1 fully saturated rings. The molecule has 0 aromatic heterocycles. The minimum Gasteiger partial charge on any atom is -0.384 e. The summed E-state index contributed by atoms with van der Waals surface area (Å²) in [5.41, 5.74) is 6.41. The second-order valence-electron chi connectivity index (χ2n) is 5.02. The van der Waals surface area contributed by atoms with E-state index in [-0.39, 0.29) is 34.9 Å². The van der Waals surface area contributed by atoms with Crippen molar-refractivity contribution in [3.05, 3.63) is 57.6 Å². The molecule has 1 aromatic carbocycles. The zero-order valence-corrected chi connectivity index (χ0v) is 12.7. The van der Waals surface area contributed by atoms with E-state index in [4.69, 9.17) is 5.73 Å². The summed E-state index contributed by atoms with van der Waals surface area (Å²) < 4.78 is 14.2. The lowest BCUT2D eigenvalue weighted by molar-refractivity contribution is -0.127. The van der Waals surface area contributed by atoms with Crippen molar-refractivity contribution >= 4 is 17.7 Å². The summed E-state index contributed by atoms with van der Waals surface area (Å²) in [4.78, 5) is 13.4. The van der Waals surface area contributed by atoms with Crippen molar-refractivity contribution in [2.75, 3.05) is 5.75 Å². The van der Waals surface area contributed by atoms with Crippen LogP contribution in [0.2, 0.25) is 0 Å². The van der Waals surface area contributed by atoms with Gasteiger partial charge in [-0.1, -0.05) is 18.2 Å². The third kappa shape index (κ3) is 2.26. The number of nitrogens with two attached hydrogens (primary N) is 1.